The van der Waals surface area contributed by atoms with Gasteiger partial charge in [-0.25, -0.2) is 0 Å². The van der Waals surface area contributed by atoms with E-state index in [1.54, 1.807) is 24.3 Å². The Morgan fingerprint density at radius 2 is 2.11 bits per heavy atom. The molecule has 1 heterocycles. The summed E-state index contributed by atoms with van der Waals surface area (Å²) in [6.45, 7) is 2.65. The first-order valence-corrected chi connectivity index (χ1v) is 6.27. The number of benzene rings is 1. The summed E-state index contributed by atoms with van der Waals surface area (Å²) in [5.74, 6) is -1.57. The highest BCUT2D eigenvalue weighted by molar-refractivity contribution is 5.82. The summed E-state index contributed by atoms with van der Waals surface area (Å²) >= 11 is 0. The van der Waals surface area contributed by atoms with Crippen molar-refractivity contribution in [3.05, 3.63) is 29.8 Å². The van der Waals surface area contributed by atoms with Gasteiger partial charge in [-0.2, -0.15) is 0 Å². The summed E-state index contributed by atoms with van der Waals surface area (Å²) in [4.78, 5) is 22.3. The normalized spacial score (nSPS) is 22.1. The Labute approximate surface area is 111 Å². The van der Waals surface area contributed by atoms with Crippen LogP contribution < -0.4 is 4.74 Å². The first-order chi connectivity index (χ1) is 9.11. The van der Waals surface area contributed by atoms with Crippen LogP contribution >= 0.6 is 0 Å². The van der Waals surface area contributed by atoms with Crippen molar-refractivity contribution in [1.29, 1.82) is 0 Å². The number of carbonyl (C=O) groups excluding carboxylic acids is 1. The lowest BCUT2D eigenvalue weighted by molar-refractivity contribution is -0.144. The largest absolute Gasteiger partial charge is 0.494 e. The zero-order chi connectivity index (χ0) is 13.8. The van der Waals surface area contributed by atoms with E-state index >= 15 is 0 Å². The molecule has 0 amide bonds. The molecule has 0 radical (unpaired) electrons. The molecule has 0 unspecified atom stereocenters. The summed E-state index contributed by atoms with van der Waals surface area (Å²) in [6.07, 6.45) is 0.141. The van der Waals surface area contributed by atoms with E-state index in [2.05, 4.69) is 0 Å². The monoisotopic (exact) mass is 264 g/mol. The Morgan fingerprint density at radius 3 is 2.68 bits per heavy atom. The van der Waals surface area contributed by atoms with Crippen LogP contribution in [0.5, 0.6) is 5.75 Å². The van der Waals surface area contributed by atoms with Crippen molar-refractivity contribution < 1.29 is 24.2 Å². The topological polar surface area (TPSA) is 72.8 Å². The maximum absolute atomic E-state index is 11.2. The second-order valence-corrected chi connectivity index (χ2v) is 4.48. The smallest absolute Gasteiger partial charge is 0.311 e. The molecule has 0 bridgehead atoms. The minimum absolute atomic E-state index is 0.0753. The van der Waals surface area contributed by atoms with E-state index in [4.69, 9.17) is 14.6 Å². The van der Waals surface area contributed by atoms with E-state index in [9.17, 15) is 9.59 Å². The van der Waals surface area contributed by atoms with Gasteiger partial charge in [0.1, 0.15) is 17.8 Å². The molecule has 2 rings (SSSR count). The molecule has 5 nitrogen and oxygen atoms in total. The van der Waals surface area contributed by atoms with Crippen LogP contribution in [0.1, 0.15) is 31.4 Å². The number of ether oxygens (including phenoxy) is 2. The van der Waals surface area contributed by atoms with E-state index in [0.29, 0.717) is 12.2 Å². The number of esters is 1. The molecule has 1 saturated heterocycles. The maximum atomic E-state index is 11.2. The van der Waals surface area contributed by atoms with Gasteiger partial charge < -0.3 is 14.6 Å². The fraction of sp³-hybridized carbons (Fsp3) is 0.429. The van der Waals surface area contributed by atoms with Gasteiger partial charge in [-0.3, -0.25) is 9.59 Å². The Kier molecular flexibility index (Phi) is 4.04. The number of carboxylic acids is 1. The van der Waals surface area contributed by atoms with Crippen molar-refractivity contribution in [2.75, 3.05) is 6.61 Å². The SMILES string of the molecule is CCCOc1ccc([C@@H]2OC(=O)C[C@H]2C(=O)O)cc1. The second kappa shape index (κ2) is 5.73. The molecular weight excluding hydrogens is 248 g/mol. The third kappa shape index (κ3) is 3.05. The zero-order valence-corrected chi connectivity index (χ0v) is 10.7. The standard InChI is InChI=1S/C14H16O5/c1-2-7-18-10-5-3-9(4-6-10)13-11(14(16)17)8-12(15)19-13/h3-6,11,13H,2,7-8H2,1H3,(H,16,17)/t11-,13+/m1/s1. The predicted molar refractivity (Wildman–Crippen MR) is 66.8 cm³/mol. The molecule has 1 fully saturated rings. The Balaban J connectivity index is 2.12. The summed E-state index contributed by atoms with van der Waals surface area (Å²) in [5, 5.41) is 9.08. The predicted octanol–water partition coefficient (Wildman–Crippen LogP) is 2.16. The number of carboxylic acid groups (broad SMARTS) is 1. The van der Waals surface area contributed by atoms with Crippen LogP contribution in [0.2, 0.25) is 0 Å². The van der Waals surface area contributed by atoms with Crippen molar-refractivity contribution >= 4 is 11.9 Å². The molecule has 0 spiro atoms. The van der Waals surface area contributed by atoms with E-state index in [1.165, 1.54) is 0 Å². The van der Waals surface area contributed by atoms with Crippen molar-refractivity contribution in [2.45, 2.75) is 25.9 Å². The van der Waals surface area contributed by atoms with Crippen LogP contribution in [-0.2, 0) is 14.3 Å². The minimum atomic E-state index is -1.01. The highest BCUT2D eigenvalue weighted by atomic mass is 16.6. The maximum Gasteiger partial charge on any atom is 0.311 e. The van der Waals surface area contributed by atoms with Gasteiger partial charge in [0.15, 0.2) is 0 Å². The number of hydrogen-bond donors (Lipinski definition) is 1. The Morgan fingerprint density at radius 1 is 1.42 bits per heavy atom. The Bertz CT molecular complexity index is 465. The van der Waals surface area contributed by atoms with Crippen LogP contribution in [0.4, 0.5) is 0 Å². The van der Waals surface area contributed by atoms with Crippen LogP contribution in [0, 0.1) is 5.92 Å². The number of hydrogen-bond acceptors (Lipinski definition) is 4. The number of aliphatic carboxylic acids is 1. The zero-order valence-electron chi connectivity index (χ0n) is 10.7. The average Bonchev–Trinajstić information content (AvgIpc) is 2.79. The first kappa shape index (κ1) is 13.4. The molecule has 102 valence electrons. The van der Waals surface area contributed by atoms with Gasteiger partial charge >= 0.3 is 11.9 Å². The molecule has 2 atom stereocenters. The summed E-state index contributed by atoms with van der Waals surface area (Å²) in [5.41, 5.74) is 0.682. The fourth-order valence-corrected chi connectivity index (χ4v) is 2.05. The van der Waals surface area contributed by atoms with Crippen LogP contribution in [0.25, 0.3) is 0 Å². The molecule has 0 aliphatic carbocycles. The second-order valence-electron chi connectivity index (χ2n) is 4.48. The van der Waals surface area contributed by atoms with Gasteiger partial charge in [0.25, 0.3) is 0 Å². The van der Waals surface area contributed by atoms with Gasteiger partial charge in [0.05, 0.1) is 13.0 Å². The molecular formula is C14H16O5. The van der Waals surface area contributed by atoms with E-state index < -0.39 is 24.0 Å². The highest BCUT2D eigenvalue weighted by Crippen LogP contribution is 2.36. The Hall–Kier alpha value is -2.04. The average molecular weight is 264 g/mol. The van der Waals surface area contributed by atoms with E-state index in [1.807, 2.05) is 6.92 Å². The number of rotatable bonds is 5. The lowest BCUT2D eigenvalue weighted by Crippen LogP contribution is -2.17. The quantitative estimate of drug-likeness (QED) is 0.825. The van der Waals surface area contributed by atoms with Crippen LogP contribution in [0.3, 0.4) is 0 Å². The first-order valence-electron chi connectivity index (χ1n) is 6.27. The van der Waals surface area contributed by atoms with Crippen molar-refractivity contribution in [3.63, 3.8) is 0 Å². The molecule has 0 saturated carbocycles. The third-order valence-corrected chi connectivity index (χ3v) is 3.01. The summed E-state index contributed by atoms with van der Waals surface area (Å²) in [7, 11) is 0. The van der Waals surface area contributed by atoms with Gasteiger partial charge in [0.2, 0.25) is 0 Å². The van der Waals surface area contributed by atoms with E-state index in [-0.39, 0.29) is 6.42 Å². The molecule has 1 aromatic rings. The van der Waals surface area contributed by atoms with Gasteiger partial charge in [-0.05, 0) is 24.1 Å². The third-order valence-electron chi connectivity index (χ3n) is 3.01. The lowest BCUT2D eigenvalue weighted by Gasteiger charge is -2.15. The van der Waals surface area contributed by atoms with E-state index in [0.717, 1.165) is 12.2 Å². The lowest BCUT2D eigenvalue weighted by atomic mass is 9.95. The van der Waals surface area contributed by atoms with Gasteiger partial charge in [0, 0.05) is 0 Å². The van der Waals surface area contributed by atoms with Crippen molar-refractivity contribution in [3.8, 4) is 5.75 Å². The molecule has 0 aromatic heterocycles. The van der Waals surface area contributed by atoms with Crippen molar-refractivity contribution in [1.82, 2.24) is 0 Å². The molecule has 1 aromatic carbocycles. The molecule has 1 aliphatic rings. The van der Waals surface area contributed by atoms with Crippen molar-refractivity contribution in [2.24, 2.45) is 5.92 Å². The van der Waals surface area contributed by atoms with Crippen LogP contribution in [-0.4, -0.2) is 23.7 Å². The molecule has 1 N–H and O–H groups in total. The molecule has 5 heteroatoms. The van der Waals surface area contributed by atoms with Crippen LogP contribution in [0.15, 0.2) is 24.3 Å². The molecule has 1 aliphatic heterocycles. The number of cyclic esters (lactones) is 1. The minimum Gasteiger partial charge on any atom is -0.494 e. The number of carbonyl (C=O) groups is 2. The molecule has 19 heavy (non-hydrogen) atoms. The fourth-order valence-electron chi connectivity index (χ4n) is 2.05. The highest BCUT2D eigenvalue weighted by Gasteiger charge is 2.40. The van der Waals surface area contributed by atoms with Gasteiger partial charge in [-0.1, -0.05) is 19.1 Å². The summed E-state index contributed by atoms with van der Waals surface area (Å²) < 4.78 is 10.5. The summed E-state index contributed by atoms with van der Waals surface area (Å²) in [6, 6.07) is 7.00. The van der Waals surface area contributed by atoms with Gasteiger partial charge in [-0.15, -0.1) is 0 Å².